The summed E-state index contributed by atoms with van der Waals surface area (Å²) in [6.45, 7) is 4.43. The molecule has 19 heavy (non-hydrogen) atoms. The fraction of sp³-hybridized carbons (Fsp3) is 0.625. The van der Waals surface area contributed by atoms with Crippen molar-refractivity contribution < 1.29 is 9.84 Å². The van der Waals surface area contributed by atoms with Gasteiger partial charge in [0.25, 0.3) is 0 Å². The highest BCUT2D eigenvalue weighted by Crippen LogP contribution is 2.31. The summed E-state index contributed by atoms with van der Waals surface area (Å²) in [6, 6.07) is 6.25. The van der Waals surface area contributed by atoms with Gasteiger partial charge in [-0.15, -0.1) is 0 Å². The van der Waals surface area contributed by atoms with E-state index in [4.69, 9.17) is 4.74 Å². The van der Waals surface area contributed by atoms with Crippen LogP contribution < -0.4 is 10.1 Å². The molecule has 1 saturated carbocycles. The van der Waals surface area contributed by atoms with E-state index in [0.29, 0.717) is 17.5 Å². The van der Waals surface area contributed by atoms with E-state index in [0.717, 1.165) is 11.5 Å². The van der Waals surface area contributed by atoms with Gasteiger partial charge in [-0.25, -0.2) is 0 Å². The fourth-order valence-corrected chi connectivity index (χ4v) is 2.99. The quantitative estimate of drug-likeness (QED) is 0.871. The van der Waals surface area contributed by atoms with Crippen LogP contribution in [0.25, 0.3) is 0 Å². The van der Waals surface area contributed by atoms with Crippen LogP contribution in [-0.2, 0) is 0 Å². The average Bonchev–Trinajstić information content (AvgIpc) is 2.41. The second-order valence-corrected chi connectivity index (χ2v) is 5.68. The Morgan fingerprint density at radius 2 is 2.05 bits per heavy atom. The van der Waals surface area contributed by atoms with Crippen molar-refractivity contribution in [2.24, 2.45) is 5.92 Å². The molecule has 2 N–H and O–H groups in total. The molecule has 3 unspecified atom stereocenters. The van der Waals surface area contributed by atoms with Crippen LogP contribution >= 0.6 is 0 Å². The van der Waals surface area contributed by atoms with Crippen LogP contribution in [0.3, 0.4) is 0 Å². The molecule has 0 radical (unpaired) electrons. The number of benzene rings is 1. The Bertz CT molecular complexity index is 419. The largest absolute Gasteiger partial charge is 0.507 e. The lowest BCUT2D eigenvalue weighted by Gasteiger charge is -2.32. The number of rotatable bonds is 4. The monoisotopic (exact) mass is 263 g/mol. The molecular weight excluding hydrogens is 238 g/mol. The van der Waals surface area contributed by atoms with E-state index in [1.165, 1.54) is 25.7 Å². The molecule has 0 amide bonds. The molecule has 1 fully saturated rings. The number of ether oxygens (including phenoxy) is 1. The normalized spacial score (nSPS) is 25.0. The van der Waals surface area contributed by atoms with Crippen LogP contribution in [0, 0.1) is 5.92 Å². The first-order chi connectivity index (χ1) is 9.11. The number of hydrogen-bond donors (Lipinski definition) is 2. The summed E-state index contributed by atoms with van der Waals surface area (Å²) >= 11 is 0. The predicted molar refractivity (Wildman–Crippen MR) is 77.6 cm³/mol. The van der Waals surface area contributed by atoms with Crippen LogP contribution in [0.2, 0.25) is 0 Å². The molecule has 0 saturated heterocycles. The average molecular weight is 263 g/mol. The Labute approximate surface area is 116 Å². The lowest BCUT2D eigenvalue weighted by molar-refractivity contribution is 0.261. The highest BCUT2D eigenvalue weighted by Gasteiger charge is 2.23. The molecule has 1 aliphatic carbocycles. The third-order valence-electron chi connectivity index (χ3n) is 4.28. The molecule has 1 aliphatic rings. The van der Waals surface area contributed by atoms with Crippen molar-refractivity contribution in [3.63, 3.8) is 0 Å². The van der Waals surface area contributed by atoms with Crippen molar-refractivity contribution in [1.82, 2.24) is 5.32 Å². The highest BCUT2D eigenvalue weighted by molar-refractivity contribution is 5.41. The van der Waals surface area contributed by atoms with Crippen molar-refractivity contribution in [3.05, 3.63) is 23.8 Å². The van der Waals surface area contributed by atoms with Gasteiger partial charge in [0.1, 0.15) is 11.5 Å². The molecular formula is C16H25NO2. The van der Waals surface area contributed by atoms with Gasteiger partial charge < -0.3 is 15.2 Å². The molecule has 3 nitrogen and oxygen atoms in total. The molecule has 0 aromatic heterocycles. The minimum atomic E-state index is 0.163. The van der Waals surface area contributed by atoms with Gasteiger partial charge in [-0.1, -0.05) is 25.8 Å². The van der Waals surface area contributed by atoms with E-state index in [1.54, 1.807) is 13.2 Å². The summed E-state index contributed by atoms with van der Waals surface area (Å²) < 4.78 is 5.12. The number of hydrogen-bond acceptors (Lipinski definition) is 3. The SMILES string of the molecule is COc1ccc(C(C)NC2CCCCC2C)c(O)c1. The van der Waals surface area contributed by atoms with E-state index in [2.05, 4.69) is 19.2 Å². The fourth-order valence-electron chi connectivity index (χ4n) is 2.99. The predicted octanol–water partition coefficient (Wildman–Crippen LogP) is 3.63. The first-order valence-electron chi connectivity index (χ1n) is 7.24. The van der Waals surface area contributed by atoms with Gasteiger partial charge in [0, 0.05) is 23.7 Å². The van der Waals surface area contributed by atoms with Crippen molar-refractivity contribution >= 4 is 0 Å². The smallest absolute Gasteiger partial charge is 0.124 e. The Balaban J connectivity index is 2.04. The van der Waals surface area contributed by atoms with Gasteiger partial charge in [-0.2, -0.15) is 0 Å². The zero-order chi connectivity index (χ0) is 13.8. The lowest BCUT2D eigenvalue weighted by atomic mass is 9.85. The molecule has 3 heteroatoms. The molecule has 0 heterocycles. The summed E-state index contributed by atoms with van der Waals surface area (Å²) in [6.07, 6.45) is 5.20. The second kappa shape index (κ2) is 6.29. The topological polar surface area (TPSA) is 41.5 Å². The third kappa shape index (κ3) is 3.41. The molecule has 1 aromatic carbocycles. The molecule has 3 atom stereocenters. The zero-order valence-corrected chi connectivity index (χ0v) is 12.1. The van der Waals surface area contributed by atoms with Gasteiger partial charge in [0.2, 0.25) is 0 Å². The highest BCUT2D eigenvalue weighted by atomic mass is 16.5. The number of aromatic hydroxyl groups is 1. The molecule has 1 aromatic rings. The number of phenols is 1. The first-order valence-corrected chi connectivity index (χ1v) is 7.24. The van der Waals surface area contributed by atoms with Gasteiger partial charge in [0.15, 0.2) is 0 Å². The molecule has 106 valence electrons. The summed E-state index contributed by atoms with van der Waals surface area (Å²) in [5, 5.41) is 13.7. The van der Waals surface area contributed by atoms with Crippen LogP contribution in [0.15, 0.2) is 18.2 Å². The van der Waals surface area contributed by atoms with Crippen LogP contribution in [0.5, 0.6) is 11.5 Å². The Kier molecular flexibility index (Phi) is 4.70. The number of phenolic OH excluding ortho intramolecular Hbond substituents is 1. The van der Waals surface area contributed by atoms with Gasteiger partial charge >= 0.3 is 0 Å². The third-order valence-corrected chi connectivity index (χ3v) is 4.28. The molecule has 0 aliphatic heterocycles. The van der Waals surface area contributed by atoms with Gasteiger partial charge in [-0.3, -0.25) is 0 Å². The maximum Gasteiger partial charge on any atom is 0.124 e. The second-order valence-electron chi connectivity index (χ2n) is 5.68. The maximum atomic E-state index is 10.1. The van der Waals surface area contributed by atoms with Crippen LogP contribution in [0.1, 0.15) is 51.1 Å². The Morgan fingerprint density at radius 1 is 1.32 bits per heavy atom. The minimum Gasteiger partial charge on any atom is -0.507 e. The van der Waals surface area contributed by atoms with Gasteiger partial charge in [-0.05, 0) is 31.7 Å². The van der Waals surface area contributed by atoms with Crippen molar-refractivity contribution in [2.75, 3.05) is 7.11 Å². The zero-order valence-electron chi connectivity index (χ0n) is 12.1. The van der Waals surface area contributed by atoms with Crippen molar-refractivity contribution in [2.45, 2.75) is 51.6 Å². The van der Waals surface area contributed by atoms with E-state index < -0.39 is 0 Å². The number of methoxy groups -OCH3 is 1. The van der Waals surface area contributed by atoms with E-state index >= 15 is 0 Å². The van der Waals surface area contributed by atoms with Crippen molar-refractivity contribution in [3.8, 4) is 11.5 Å². The Hall–Kier alpha value is -1.22. The number of nitrogens with one attached hydrogen (secondary N) is 1. The van der Waals surface area contributed by atoms with Crippen molar-refractivity contribution in [1.29, 1.82) is 0 Å². The lowest BCUT2D eigenvalue weighted by Crippen LogP contribution is -2.38. The standard InChI is InChI=1S/C16H25NO2/c1-11-6-4-5-7-15(11)17-12(2)14-9-8-13(19-3)10-16(14)18/h8-12,15,17-18H,4-7H2,1-3H3. The van der Waals surface area contributed by atoms with E-state index in [1.807, 2.05) is 12.1 Å². The summed E-state index contributed by atoms with van der Waals surface area (Å²) in [7, 11) is 1.61. The summed E-state index contributed by atoms with van der Waals surface area (Å²) in [4.78, 5) is 0. The van der Waals surface area contributed by atoms with Gasteiger partial charge in [0.05, 0.1) is 7.11 Å². The van der Waals surface area contributed by atoms with E-state index in [9.17, 15) is 5.11 Å². The summed E-state index contributed by atoms with van der Waals surface area (Å²) in [5.74, 6) is 1.72. The minimum absolute atomic E-state index is 0.163. The van der Waals surface area contributed by atoms with Crippen LogP contribution in [0.4, 0.5) is 0 Å². The molecule has 0 bridgehead atoms. The maximum absolute atomic E-state index is 10.1. The van der Waals surface area contributed by atoms with E-state index in [-0.39, 0.29) is 6.04 Å². The molecule has 0 spiro atoms. The Morgan fingerprint density at radius 3 is 2.68 bits per heavy atom. The summed E-state index contributed by atoms with van der Waals surface area (Å²) in [5.41, 5.74) is 0.943. The first kappa shape index (κ1) is 14.2. The van der Waals surface area contributed by atoms with Crippen LogP contribution in [-0.4, -0.2) is 18.3 Å². The molecule has 2 rings (SSSR count).